The molecule has 0 aliphatic heterocycles. The van der Waals surface area contributed by atoms with Crippen LogP contribution in [0, 0.1) is 0 Å². The lowest BCUT2D eigenvalue weighted by Gasteiger charge is -2.10. The van der Waals surface area contributed by atoms with E-state index in [-0.39, 0.29) is 0 Å². The van der Waals surface area contributed by atoms with Crippen molar-refractivity contribution in [3.05, 3.63) is 30.6 Å². The summed E-state index contributed by atoms with van der Waals surface area (Å²) in [5, 5.41) is 3.35. The topological polar surface area (TPSA) is 64.9 Å². The van der Waals surface area contributed by atoms with Gasteiger partial charge in [-0.05, 0) is 12.8 Å². The average Bonchev–Trinajstić information content (AvgIpc) is 3.05. The van der Waals surface area contributed by atoms with Crippen molar-refractivity contribution in [2.24, 2.45) is 0 Å². The summed E-state index contributed by atoms with van der Waals surface area (Å²) in [6.07, 6.45) is 9.57. The first-order valence-corrected chi connectivity index (χ1v) is 8.02. The van der Waals surface area contributed by atoms with Crippen LogP contribution in [-0.2, 0) is 13.0 Å². The third-order valence-electron chi connectivity index (χ3n) is 3.27. The van der Waals surface area contributed by atoms with Gasteiger partial charge in [-0.15, -0.1) is 0 Å². The molecule has 0 aromatic carbocycles. The molecule has 0 amide bonds. The van der Waals surface area contributed by atoms with E-state index in [1.165, 1.54) is 0 Å². The molecule has 0 unspecified atom stereocenters. The zero-order valence-corrected chi connectivity index (χ0v) is 13.5. The zero-order chi connectivity index (χ0) is 15.6. The summed E-state index contributed by atoms with van der Waals surface area (Å²) in [5.74, 6) is 2.31. The van der Waals surface area contributed by atoms with Crippen LogP contribution in [0.3, 0.4) is 0 Å². The first-order valence-electron chi connectivity index (χ1n) is 8.02. The number of nitrogens with one attached hydrogen (secondary N) is 1. The number of rotatable bonds is 10. The number of hydrogen-bond donors (Lipinski definition) is 1. The minimum Gasteiger partial charge on any atom is -0.478 e. The highest BCUT2D eigenvalue weighted by atomic mass is 16.5. The normalized spacial score (nSPS) is 10.6. The Morgan fingerprint density at radius 2 is 2.14 bits per heavy atom. The van der Waals surface area contributed by atoms with Crippen LogP contribution in [0.25, 0.3) is 0 Å². The molecule has 22 heavy (non-hydrogen) atoms. The Kier molecular flexibility index (Phi) is 6.67. The van der Waals surface area contributed by atoms with Gasteiger partial charge in [0.2, 0.25) is 5.88 Å². The maximum Gasteiger partial charge on any atom is 0.218 e. The van der Waals surface area contributed by atoms with Gasteiger partial charge >= 0.3 is 0 Å². The number of unbranched alkanes of at least 4 members (excludes halogenated alkanes) is 1. The van der Waals surface area contributed by atoms with Crippen molar-refractivity contribution in [2.75, 3.05) is 18.5 Å². The fourth-order valence-electron chi connectivity index (χ4n) is 2.01. The highest BCUT2D eigenvalue weighted by Gasteiger charge is 2.04. The number of anilines is 1. The molecule has 6 nitrogen and oxygen atoms in total. The molecule has 6 heteroatoms. The summed E-state index contributed by atoms with van der Waals surface area (Å²) in [6.45, 7) is 6.70. The second-order valence-electron chi connectivity index (χ2n) is 5.14. The Morgan fingerprint density at radius 1 is 1.23 bits per heavy atom. The van der Waals surface area contributed by atoms with Crippen LogP contribution >= 0.6 is 0 Å². The van der Waals surface area contributed by atoms with Gasteiger partial charge < -0.3 is 14.6 Å². The van der Waals surface area contributed by atoms with Gasteiger partial charge in [-0.2, -0.15) is 4.98 Å². The molecule has 0 radical (unpaired) electrons. The molecule has 0 fully saturated rings. The maximum atomic E-state index is 5.69. The van der Waals surface area contributed by atoms with Crippen molar-refractivity contribution in [1.82, 2.24) is 19.5 Å². The van der Waals surface area contributed by atoms with E-state index in [9.17, 15) is 0 Å². The number of nitrogens with zero attached hydrogens (tertiary/aromatic N) is 4. The second-order valence-corrected chi connectivity index (χ2v) is 5.14. The predicted molar refractivity (Wildman–Crippen MR) is 87.1 cm³/mol. The van der Waals surface area contributed by atoms with Gasteiger partial charge in [0, 0.05) is 38.0 Å². The van der Waals surface area contributed by atoms with Gasteiger partial charge in [0.25, 0.3) is 0 Å². The van der Waals surface area contributed by atoms with Crippen molar-refractivity contribution in [3.63, 3.8) is 0 Å². The molecule has 0 spiro atoms. The Labute approximate surface area is 132 Å². The van der Waals surface area contributed by atoms with Crippen LogP contribution in [-0.4, -0.2) is 32.7 Å². The molecule has 0 atom stereocenters. The Hall–Kier alpha value is -2.11. The van der Waals surface area contributed by atoms with Gasteiger partial charge in [0.05, 0.1) is 12.9 Å². The second kappa shape index (κ2) is 9.02. The lowest BCUT2D eigenvalue weighted by molar-refractivity contribution is 0.296. The molecule has 2 aromatic rings. The third-order valence-corrected chi connectivity index (χ3v) is 3.27. The van der Waals surface area contributed by atoms with E-state index in [1.54, 1.807) is 6.20 Å². The molecule has 0 saturated carbocycles. The highest BCUT2D eigenvalue weighted by Crippen LogP contribution is 2.14. The molecule has 2 aromatic heterocycles. The molecule has 120 valence electrons. The molecule has 0 bridgehead atoms. The summed E-state index contributed by atoms with van der Waals surface area (Å²) in [4.78, 5) is 12.9. The summed E-state index contributed by atoms with van der Waals surface area (Å²) in [6, 6.07) is 1.88. The van der Waals surface area contributed by atoms with Crippen molar-refractivity contribution in [3.8, 4) is 5.88 Å². The summed E-state index contributed by atoms with van der Waals surface area (Å²) < 4.78 is 7.76. The number of imidazole rings is 1. The molecule has 2 heterocycles. The maximum absolute atomic E-state index is 5.69. The minimum absolute atomic E-state index is 0.664. The Balaban J connectivity index is 1.84. The fraction of sp³-hybridized carbons (Fsp3) is 0.562. The quantitative estimate of drug-likeness (QED) is 0.684. The van der Waals surface area contributed by atoms with E-state index in [4.69, 9.17) is 4.74 Å². The average molecular weight is 303 g/mol. The van der Waals surface area contributed by atoms with Crippen molar-refractivity contribution < 1.29 is 4.74 Å². The predicted octanol–water partition coefficient (Wildman–Crippen LogP) is 2.92. The molecule has 0 aliphatic carbocycles. The van der Waals surface area contributed by atoms with E-state index < -0.39 is 0 Å². The monoisotopic (exact) mass is 303 g/mol. The van der Waals surface area contributed by atoms with Crippen LogP contribution in [0.1, 0.15) is 38.9 Å². The molecule has 0 saturated heterocycles. The SMILES string of the molecule is CCCCOc1cc(NCCCn2ccnc2)nc(CC)n1. The first kappa shape index (κ1) is 16.3. The molecule has 2 rings (SSSR count). The summed E-state index contributed by atoms with van der Waals surface area (Å²) in [5.41, 5.74) is 0. The summed E-state index contributed by atoms with van der Waals surface area (Å²) >= 11 is 0. The van der Waals surface area contributed by atoms with E-state index in [1.807, 2.05) is 25.5 Å². The minimum atomic E-state index is 0.664. The Morgan fingerprint density at radius 3 is 2.86 bits per heavy atom. The number of aromatic nitrogens is 4. The molecular formula is C16H25N5O. The van der Waals surface area contributed by atoms with E-state index in [2.05, 4.69) is 31.8 Å². The lowest BCUT2D eigenvalue weighted by atomic mass is 10.3. The van der Waals surface area contributed by atoms with Gasteiger partial charge in [-0.3, -0.25) is 0 Å². The van der Waals surface area contributed by atoms with Crippen molar-refractivity contribution in [1.29, 1.82) is 0 Å². The number of hydrogen-bond acceptors (Lipinski definition) is 5. The highest BCUT2D eigenvalue weighted by molar-refractivity contribution is 5.38. The fourth-order valence-corrected chi connectivity index (χ4v) is 2.01. The van der Waals surface area contributed by atoms with Crippen molar-refractivity contribution in [2.45, 2.75) is 46.1 Å². The van der Waals surface area contributed by atoms with Crippen LogP contribution in [0.2, 0.25) is 0 Å². The standard InChI is InChI=1S/C16H25N5O/c1-3-5-11-22-16-12-15(19-14(4-2)20-16)18-7-6-9-21-10-8-17-13-21/h8,10,12-13H,3-7,9,11H2,1-2H3,(H,18,19,20). The van der Waals surface area contributed by atoms with Crippen LogP contribution < -0.4 is 10.1 Å². The molecule has 1 N–H and O–H groups in total. The van der Waals surface area contributed by atoms with E-state index >= 15 is 0 Å². The van der Waals surface area contributed by atoms with Gasteiger partial charge in [-0.1, -0.05) is 20.3 Å². The number of ether oxygens (including phenoxy) is 1. The van der Waals surface area contributed by atoms with Gasteiger partial charge in [-0.25, -0.2) is 9.97 Å². The van der Waals surface area contributed by atoms with Crippen LogP contribution in [0.5, 0.6) is 5.88 Å². The Bertz CT molecular complexity index is 541. The molecular weight excluding hydrogens is 278 g/mol. The smallest absolute Gasteiger partial charge is 0.218 e. The van der Waals surface area contributed by atoms with Gasteiger partial charge in [0.1, 0.15) is 11.6 Å². The third kappa shape index (κ3) is 5.35. The van der Waals surface area contributed by atoms with Crippen molar-refractivity contribution >= 4 is 5.82 Å². The first-order chi connectivity index (χ1) is 10.8. The van der Waals surface area contributed by atoms with E-state index in [0.29, 0.717) is 12.5 Å². The lowest BCUT2D eigenvalue weighted by Crippen LogP contribution is -2.09. The van der Waals surface area contributed by atoms with Crippen LogP contribution in [0.15, 0.2) is 24.8 Å². The number of aryl methyl sites for hydroxylation is 2. The largest absolute Gasteiger partial charge is 0.478 e. The van der Waals surface area contributed by atoms with E-state index in [0.717, 1.165) is 50.4 Å². The zero-order valence-electron chi connectivity index (χ0n) is 13.5. The van der Waals surface area contributed by atoms with Crippen LogP contribution in [0.4, 0.5) is 5.82 Å². The molecule has 0 aliphatic rings. The van der Waals surface area contributed by atoms with Gasteiger partial charge in [0.15, 0.2) is 0 Å². The summed E-state index contributed by atoms with van der Waals surface area (Å²) in [7, 11) is 0.